The van der Waals surface area contributed by atoms with Crippen molar-refractivity contribution >= 4 is 23.2 Å². The van der Waals surface area contributed by atoms with Gasteiger partial charge in [0.1, 0.15) is 6.54 Å². The molecule has 144 valence electrons. The van der Waals surface area contributed by atoms with Crippen LogP contribution < -0.4 is 10.9 Å². The highest BCUT2D eigenvalue weighted by atomic mass is 32.1. The van der Waals surface area contributed by atoms with E-state index >= 15 is 0 Å². The number of fused-ring (bicyclic) bond motifs is 1. The topological polar surface area (TPSA) is 102 Å². The number of hydrogen-bond acceptors (Lipinski definition) is 6. The highest BCUT2D eigenvalue weighted by Crippen LogP contribution is 2.32. The summed E-state index contributed by atoms with van der Waals surface area (Å²) in [7, 11) is 0. The lowest BCUT2D eigenvalue weighted by molar-refractivity contribution is -0.122. The van der Waals surface area contributed by atoms with Gasteiger partial charge in [-0.15, -0.1) is 21.5 Å². The first-order valence-electron chi connectivity index (χ1n) is 9.12. The minimum atomic E-state index is -0.430. The fourth-order valence-electron chi connectivity index (χ4n) is 3.19. The van der Waals surface area contributed by atoms with E-state index in [0.717, 1.165) is 24.8 Å². The second-order valence-corrected chi connectivity index (χ2v) is 8.06. The van der Waals surface area contributed by atoms with Crippen molar-refractivity contribution in [3.8, 4) is 11.4 Å². The molecule has 2 aromatic heterocycles. The maximum Gasteiger partial charge on any atom is 0.279 e. The van der Waals surface area contributed by atoms with Gasteiger partial charge in [-0.2, -0.15) is 4.80 Å². The maximum atomic E-state index is 12.3. The summed E-state index contributed by atoms with van der Waals surface area (Å²) in [6, 6.07) is 11.3. The molecule has 0 unspecified atom stereocenters. The Morgan fingerprint density at radius 2 is 2.07 bits per heavy atom. The van der Waals surface area contributed by atoms with Crippen LogP contribution in [0.15, 0.2) is 36.4 Å². The molecule has 2 N–H and O–H groups in total. The standard InChI is InChI=1S/C19H20N6O2S/c1-12-7-8-15-14(9-12)10-16(28-15)19(27)22-20-17(26)11-25-23-18(21-24-25)13-5-3-2-4-6-13/h2-6,10,12H,7-9,11H2,1H3,(H,20,26)(H,22,27)/t12-/m1/s1. The number of benzene rings is 1. The van der Waals surface area contributed by atoms with E-state index in [0.29, 0.717) is 16.6 Å². The number of tetrazole rings is 1. The number of nitrogens with one attached hydrogen (secondary N) is 2. The summed E-state index contributed by atoms with van der Waals surface area (Å²) < 4.78 is 0. The second kappa shape index (κ2) is 7.89. The van der Waals surface area contributed by atoms with Gasteiger partial charge >= 0.3 is 0 Å². The van der Waals surface area contributed by atoms with E-state index in [4.69, 9.17) is 0 Å². The van der Waals surface area contributed by atoms with Crippen LogP contribution in [0.1, 0.15) is 33.5 Å². The summed E-state index contributed by atoms with van der Waals surface area (Å²) >= 11 is 1.50. The quantitative estimate of drug-likeness (QED) is 0.657. The molecular formula is C19H20N6O2S. The number of aromatic nitrogens is 4. The predicted octanol–water partition coefficient (Wildman–Crippen LogP) is 1.99. The van der Waals surface area contributed by atoms with Crippen molar-refractivity contribution in [2.75, 3.05) is 0 Å². The van der Waals surface area contributed by atoms with Gasteiger partial charge in [-0.1, -0.05) is 37.3 Å². The molecule has 0 saturated heterocycles. The third kappa shape index (κ3) is 4.09. The minimum absolute atomic E-state index is 0.140. The average molecular weight is 396 g/mol. The molecule has 8 nitrogen and oxygen atoms in total. The first-order chi connectivity index (χ1) is 13.6. The normalized spacial score (nSPS) is 15.7. The van der Waals surface area contributed by atoms with Crippen LogP contribution in [0.25, 0.3) is 11.4 Å². The molecule has 3 aromatic rings. The lowest BCUT2D eigenvalue weighted by Gasteiger charge is -2.16. The molecule has 2 amide bonds. The van der Waals surface area contributed by atoms with E-state index in [1.165, 1.54) is 26.6 Å². The van der Waals surface area contributed by atoms with Crippen LogP contribution in [0.4, 0.5) is 0 Å². The summed E-state index contributed by atoms with van der Waals surface area (Å²) in [5.41, 5.74) is 6.94. The third-order valence-electron chi connectivity index (χ3n) is 4.64. The molecule has 1 aliphatic rings. The minimum Gasteiger partial charge on any atom is -0.271 e. The Morgan fingerprint density at radius 1 is 1.25 bits per heavy atom. The molecule has 9 heteroatoms. The number of hydrogen-bond donors (Lipinski definition) is 2. The molecule has 28 heavy (non-hydrogen) atoms. The molecule has 1 aliphatic carbocycles. The lowest BCUT2D eigenvalue weighted by Crippen LogP contribution is -2.43. The van der Waals surface area contributed by atoms with Crippen molar-refractivity contribution in [1.82, 2.24) is 31.1 Å². The average Bonchev–Trinajstić information content (AvgIpc) is 3.33. The highest BCUT2D eigenvalue weighted by Gasteiger charge is 2.21. The van der Waals surface area contributed by atoms with Crippen LogP contribution in [0.3, 0.4) is 0 Å². The number of aryl methyl sites for hydroxylation is 1. The number of hydrazine groups is 1. The molecule has 2 heterocycles. The molecular weight excluding hydrogens is 376 g/mol. The van der Waals surface area contributed by atoms with Crippen molar-refractivity contribution in [2.24, 2.45) is 5.92 Å². The van der Waals surface area contributed by atoms with Gasteiger partial charge in [-0.25, -0.2) is 0 Å². The molecule has 0 aliphatic heterocycles. The number of carbonyl (C=O) groups excluding carboxylic acids is 2. The van der Waals surface area contributed by atoms with Gasteiger partial charge < -0.3 is 0 Å². The van der Waals surface area contributed by atoms with Crippen molar-refractivity contribution in [3.63, 3.8) is 0 Å². The summed E-state index contributed by atoms with van der Waals surface area (Å²) in [6.07, 6.45) is 3.18. The first-order valence-corrected chi connectivity index (χ1v) is 9.94. The summed E-state index contributed by atoms with van der Waals surface area (Å²) in [5.74, 6) is 0.349. The van der Waals surface area contributed by atoms with Crippen LogP contribution in [0.5, 0.6) is 0 Å². The Morgan fingerprint density at radius 3 is 2.89 bits per heavy atom. The van der Waals surface area contributed by atoms with Crippen molar-refractivity contribution in [1.29, 1.82) is 0 Å². The monoisotopic (exact) mass is 396 g/mol. The Kier molecular flexibility index (Phi) is 5.16. The van der Waals surface area contributed by atoms with Crippen molar-refractivity contribution in [2.45, 2.75) is 32.7 Å². The maximum absolute atomic E-state index is 12.3. The van der Waals surface area contributed by atoms with E-state index < -0.39 is 5.91 Å². The Bertz CT molecular complexity index is 997. The third-order valence-corrected chi connectivity index (χ3v) is 5.87. The van der Waals surface area contributed by atoms with E-state index in [-0.39, 0.29) is 12.5 Å². The molecule has 4 rings (SSSR count). The van der Waals surface area contributed by atoms with Crippen LogP contribution >= 0.6 is 11.3 Å². The molecule has 0 saturated carbocycles. The SMILES string of the molecule is C[C@@H]1CCc2sc(C(=O)NNC(=O)Cn3nnc(-c4ccccc4)n3)cc2C1. The van der Waals surface area contributed by atoms with Gasteiger partial charge in [0.25, 0.3) is 11.8 Å². The van der Waals surface area contributed by atoms with Gasteiger partial charge in [0, 0.05) is 10.4 Å². The van der Waals surface area contributed by atoms with Gasteiger partial charge in [0.15, 0.2) is 0 Å². The number of thiophene rings is 1. The molecule has 1 atom stereocenters. The van der Waals surface area contributed by atoms with Crippen molar-refractivity contribution < 1.29 is 9.59 Å². The molecule has 0 radical (unpaired) electrons. The first kappa shape index (κ1) is 18.3. The fraction of sp³-hybridized carbons (Fsp3) is 0.316. The fourth-order valence-corrected chi connectivity index (χ4v) is 4.29. The number of amides is 2. The van der Waals surface area contributed by atoms with Crippen molar-refractivity contribution in [3.05, 3.63) is 51.7 Å². The smallest absolute Gasteiger partial charge is 0.271 e. The zero-order chi connectivity index (χ0) is 19.5. The summed E-state index contributed by atoms with van der Waals surface area (Å²) in [5, 5.41) is 12.0. The van der Waals surface area contributed by atoms with Crippen LogP contribution in [-0.4, -0.2) is 32.0 Å². The van der Waals surface area contributed by atoms with Crippen LogP contribution in [-0.2, 0) is 24.2 Å². The molecule has 0 fully saturated rings. The summed E-state index contributed by atoms with van der Waals surface area (Å²) in [6.45, 7) is 2.08. The van der Waals surface area contributed by atoms with Gasteiger partial charge in [0.05, 0.1) is 4.88 Å². The van der Waals surface area contributed by atoms with E-state index in [2.05, 4.69) is 33.2 Å². The zero-order valence-corrected chi connectivity index (χ0v) is 16.2. The van der Waals surface area contributed by atoms with E-state index in [1.54, 1.807) is 0 Å². The largest absolute Gasteiger partial charge is 0.279 e. The van der Waals surface area contributed by atoms with Gasteiger partial charge in [0.2, 0.25) is 5.82 Å². The number of carbonyl (C=O) groups is 2. The van der Waals surface area contributed by atoms with Crippen LogP contribution in [0.2, 0.25) is 0 Å². The predicted molar refractivity (Wildman–Crippen MR) is 104 cm³/mol. The van der Waals surface area contributed by atoms with E-state index in [9.17, 15) is 9.59 Å². The van der Waals surface area contributed by atoms with Gasteiger partial charge in [-0.3, -0.25) is 20.4 Å². The number of rotatable bonds is 4. The van der Waals surface area contributed by atoms with E-state index in [1.807, 2.05) is 36.4 Å². The van der Waals surface area contributed by atoms with Crippen LogP contribution in [0, 0.1) is 5.92 Å². The number of nitrogens with zero attached hydrogens (tertiary/aromatic N) is 4. The Hall–Kier alpha value is -3.07. The Balaban J connectivity index is 1.31. The Labute approximate surface area is 165 Å². The highest BCUT2D eigenvalue weighted by molar-refractivity contribution is 7.14. The van der Waals surface area contributed by atoms with Gasteiger partial charge in [-0.05, 0) is 42.0 Å². The second-order valence-electron chi connectivity index (χ2n) is 6.92. The summed E-state index contributed by atoms with van der Waals surface area (Å²) in [4.78, 5) is 27.5. The molecule has 0 bridgehead atoms. The zero-order valence-electron chi connectivity index (χ0n) is 15.4. The molecule has 1 aromatic carbocycles. The molecule has 0 spiro atoms. The lowest BCUT2D eigenvalue weighted by atomic mass is 9.90.